The van der Waals surface area contributed by atoms with Gasteiger partial charge in [-0.25, -0.2) is 0 Å². The van der Waals surface area contributed by atoms with Crippen molar-refractivity contribution in [3.05, 3.63) is 120 Å². The molecule has 0 saturated heterocycles. The first-order valence-corrected chi connectivity index (χ1v) is 15.1. The topological polar surface area (TPSA) is 126 Å². The van der Waals surface area contributed by atoms with E-state index in [2.05, 4.69) is 21.3 Å². The van der Waals surface area contributed by atoms with E-state index in [0.717, 1.165) is 4.90 Å². The predicted octanol–water partition coefficient (Wildman–Crippen LogP) is 6.57. The lowest BCUT2D eigenvalue weighted by Crippen LogP contribution is -2.30. The number of amides is 4. The van der Waals surface area contributed by atoms with E-state index in [1.54, 1.807) is 104 Å². The number of carbonyl (C=O) groups excluding carboxylic acids is 4. The van der Waals surface area contributed by atoms with Crippen LogP contribution in [0.1, 0.15) is 36.2 Å². The highest BCUT2D eigenvalue weighted by atomic mass is 32.2. The summed E-state index contributed by atoms with van der Waals surface area (Å²) in [7, 11) is 1.57. The van der Waals surface area contributed by atoms with Crippen LogP contribution in [0.3, 0.4) is 0 Å². The van der Waals surface area contributed by atoms with Crippen LogP contribution in [-0.2, 0) is 14.4 Å². The molecule has 4 aromatic carbocycles. The van der Waals surface area contributed by atoms with Gasteiger partial charge in [-0.15, -0.1) is 11.8 Å². The Morgan fingerprint density at radius 2 is 1.44 bits per heavy atom. The summed E-state index contributed by atoms with van der Waals surface area (Å²) in [4.78, 5) is 51.5. The smallest absolute Gasteiger partial charge is 0.272 e. The van der Waals surface area contributed by atoms with Gasteiger partial charge in [-0.1, -0.05) is 43.3 Å². The molecule has 45 heavy (non-hydrogen) atoms. The summed E-state index contributed by atoms with van der Waals surface area (Å²) in [5.74, 6) is -0.604. The first-order valence-electron chi connectivity index (χ1n) is 14.2. The molecule has 10 heteroatoms. The molecule has 1 unspecified atom stereocenters. The maximum Gasteiger partial charge on any atom is 0.272 e. The van der Waals surface area contributed by atoms with Crippen LogP contribution in [0.15, 0.2) is 114 Å². The van der Waals surface area contributed by atoms with E-state index in [-0.39, 0.29) is 17.5 Å². The van der Waals surface area contributed by atoms with E-state index >= 15 is 0 Å². The number of methoxy groups -OCH3 is 1. The molecule has 0 aliphatic rings. The third-order valence-electron chi connectivity index (χ3n) is 6.46. The van der Waals surface area contributed by atoms with Crippen LogP contribution in [0, 0.1) is 0 Å². The van der Waals surface area contributed by atoms with Crippen molar-refractivity contribution >= 4 is 58.5 Å². The number of benzene rings is 4. The largest absolute Gasteiger partial charge is 0.497 e. The van der Waals surface area contributed by atoms with E-state index < -0.39 is 17.1 Å². The van der Waals surface area contributed by atoms with Gasteiger partial charge in [0.2, 0.25) is 11.8 Å². The highest BCUT2D eigenvalue weighted by Crippen LogP contribution is 2.29. The Bertz CT molecular complexity index is 1670. The lowest BCUT2D eigenvalue weighted by Gasteiger charge is -2.16. The van der Waals surface area contributed by atoms with Crippen molar-refractivity contribution in [1.29, 1.82) is 0 Å². The third-order valence-corrected chi connectivity index (χ3v) is 7.82. The fourth-order valence-electron chi connectivity index (χ4n) is 4.20. The van der Waals surface area contributed by atoms with Crippen molar-refractivity contribution in [3.8, 4) is 5.75 Å². The van der Waals surface area contributed by atoms with Gasteiger partial charge in [0.1, 0.15) is 11.4 Å². The lowest BCUT2D eigenvalue weighted by atomic mass is 10.1. The normalized spacial score (nSPS) is 11.6. The Hall–Kier alpha value is -5.35. The van der Waals surface area contributed by atoms with Crippen LogP contribution in [0.5, 0.6) is 5.75 Å². The quantitative estimate of drug-likeness (QED) is 0.105. The molecule has 0 bridgehead atoms. The van der Waals surface area contributed by atoms with E-state index in [9.17, 15) is 19.2 Å². The van der Waals surface area contributed by atoms with E-state index in [1.807, 2.05) is 19.1 Å². The van der Waals surface area contributed by atoms with Gasteiger partial charge in [0, 0.05) is 34.4 Å². The minimum atomic E-state index is -0.509. The van der Waals surface area contributed by atoms with Gasteiger partial charge in [0.05, 0.1) is 12.4 Å². The average Bonchev–Trinajstić information content (AvgIpc) is 3.04. The average molecular weight is 623 g/mol. The Morgan fingerprint density at radius 3 is 2.07 bits per heavy atom. The van der Waals surface area contributed by atoms with Crippen LogP contribution in [-0.4, -0.2) is 36.0 Å². The highest BCUT2D eigenvalue weighted by Gasteiger charge is 2.19. The summed E-state index contributed by atoms with van der Waals surface area (Å²) in [6.45, 7) is 3.36. The van der Waals surface area contributed by atoms with E-state index in [0.29, 0.717) is 40.4 Å². The summed E-state index contributed by atoms with van der Waals surface area (Å²) in [5, 5.41) is 10.8. The minimum absolute atomic E-state index is 0.0578. The zero-order chi connectivity index (χ0) is 32.2. The SMILES string of the molecule is CCC(Sc1cccc(NC(=O)/C(=C\c2ccc(OC)cc2)NC(=O)c2ccccc2)c1)C(=O)Nc1ccc(NC(C)=O)cc1. The number of nitrogens with one attached hydrogen (secondary N) is 4. The summed E-state index contributed by atoms with van der Waals surface area (Å²) in [5.41, 5.74) is 2.92. The van der Waals surface area contributed by atoms with Crippen molar-refractivity contribution in [3.63, 3.8) is 0 Å². The summed E-state index contributed by atoms with van der Waals surface area (Å²) < 4.78 is 5.22. The van der Waals surface area contributed by atoms with Crippen LogP contribution < -0.4 is 26.0 Å². The standard InChI is InChI=1S/C35H34N4O5S/c1-4-32(35(43)37-27-17-15-26(16-18-27)36-23(2)40)45-30-12-8-11-28(22-30)38-34(42)31(21-24-13-19-29(44-3)20-14-24)39-33(41)25-9-6-5-7-10-25/h5-22,32H,4H2,1-3H3,(H,36,40)(H,37,43)(H,38,42)(H,39,41)/b31-21+. The third kappa shape index (κ3) is 9.84. The molecule has 9 nitrogen and oxygen atoms in total. The maximum atomic E-state index is 13.5. The second-order valence-electron chi connectivity index (χ2n) is 9.90. The highest BCUT2D eigenvalue weighted by molar-refractivity contribution is 8.00. The molecule has 0 radical (unpaired) electrons. The Morgan fingerprint density at radius 1 is 0.778 bits per heavy atom. The molecule has 1 atom stereocenters. The van der Waals surface area contributed by atoms with Gasteiger partial charge in [0.25, 0.3) is 11.8 Å². The number of hydrogen-bond donors (Lipinski definition) is 4. The van der Waals surface area contributed by atoms with Crippen molar-refractivity contribution < 1.29 is 23.9 Å². The summed E-state index contributed by atoms with van der Waals surface area (Å²) in [6, 6.07) is 29.8. The van der Waals surface area contributed by atoms with Crippen molar-refractivity contribution in [2.45, 2.75) is 30.4 Å². The van der Waals surface area contributed by atoms with Crippen molar-refractivity contribution in [2.75, 3.05) is 23.1 Å². The number of anilines is 3. The fraction of sp³-hybridized carbons (Fsp3) is 0.143. The molecule has 0 aromatic heterocycles. The van der Waals surface area contributed by atoms with Crippen LogP contribution in [0.4, 0.5) is 17.1 Å². The van der Waals surface area contributed by atoms with Crippen molar-refractivity contribution in [1.82, 2.24) is 5.32 Å². The first-order chi connectivity index (χ1) is 21.7. The summed E-state index contributed by atoms with van der Waals surface area (Å²) >= 11 is 1.37. The molecule has 0 heterocycles. The van der Waals surface area contributed by atoms with E-state index in [1.165, 1.54) is 18.7 Å². The molecule has 4 rings (SSSR count). The molecule has 0 fully saturated rings. The molecule has 4 N–H and O–H groups in total. The number of thioether (sulfide) groups is 1. The zero-order valence-corrected chi connectivity index (χ0v) is 25.9. The van der Waals surface area contributed by atoms with Gasteiger partial charge in [-0.3, -0.25) is 19.2 Å². The number of carbonyl (C=O) groups is 4. The maximum absolute atomic E-state index is 13.5. The molecule has 230 valence electrons. The monoisotopic (exact) mass is 622 g/mol. The molecule has 0 saturated carbocycles. The van der Waals surface area contributed by atoms with Gasteiger partial charge >= 0.3 is 0 Å². The molecular weight excluding hydrogens is 588 g/mol. The van der Waals surface area contributed by atoms with Gasteiger partial charge < -0.3 is 26.0 Å². The lowest BCUT2D eigenvalue weighted by molar-refractivity contribution is -0.116. The first kappa shape index (κ1) is 32.6. The molecule has 0 spiro atoms. The van der Waals surface area contributed by atoms with Crippen LogP contribution in [0.25, 0.3) is 6.08 Å². The van der Waals surface area contributed by atoms with Crippen molar-refractivity contribution in [2.24, 2.45) is 0 Å². The van der Waals surface area contributed by atoms with E-state index in [4.69, 9.17) is 4.74 Å². The molecule has 4 amide bonds. The second-order valence-corrected chi connectivity index (χ2v) is 11.2. The summed E-state index contributed by atoms with van der Waals surface area (Å²) in [6.07, 6.45) is 2.16. The Balaban J connectivity index is 1.47. The number of rotatable bonds is 12. The molecular formula is C35H34N4O5S. The number of hydrogen-bond acceptors (Lipinski definition) is 6. The molecule has 0 aliphatic heterocycles. The second kappa shape index (κ2) is 15.9. The predicted molar refractivity (Wildman–Crippen MR) is 179 cm³/mol. The Kier molecular flexibility index (Phi) is 11.5. The van der Waals surface area contributed by atoms with Crippen LogP contribution in [0.2, 0.25) is 0 Å². The minimum Gasteiger partial charge on any atom is -0.497 e. The van der Waals surface area contributed by atoms with Crippen LogP contribution >= 0.6 is 11.8 Å². The molecule has 4 aromatic rings. The fourth-order valence-corrected chi connectivity index (χ4v) is 5.22. The van der Waals surface area contributed by atoms with Gasteiger partial charge in [0.15, 0.2) is 0 Å². The van der Waals surface area contributed by atoms with Gasteiger partial charge in [-0.2, -0.15) is 0 Å². The number of ether oxygens (including phenoxy) is 1. The Labute approximate surface area is 266 Å². The molecule has 0 aliphatic carbocycles. The van der Waals surface area contributed by atoms with Gasteiger partial charge in [-0.05, 0) is 84.8 Å². The zero-order valence-electron chi connectivity index (χ0n) is 25.1.